The molecule has 0 bridgehead atoms. The molecule has 1 amide bonds. The molecule has 3 aromatic rings. The smallest absolute Gasteiger partial charge is 0.264 e. The predicted molar refractivity (Wildman–Crippen MR) is 120 cm³/mol. The molecule has 174 valence electrons. The van der Waals surface area contributed by atoms with Gasteiger partial charge < -0.3 is 9.84 Å². The molecule has 1 fully saturated rings. The lowest BCUT2D eigenvalue weighted by atomic mass is 9.96. The van der Waals surface area contributed by atoms with Crippen molar-refractivity contribution in [3.8, 4) is 0 Å². The first-order valence-electron chi connectivity index (χ1n) is 10.3. The molecule has 1 heterocycles. The largest absolute Gasteiger partial charge is 0.340 e. The van der Waals surface area contributed by atoms with Gasteiger partial charge >= 0.3 is 0 Å². The van der Waals surface area contributed by atoms with Crippen molar-refractivity contribution in [2.75, 3.05) is 11.4 Å². The van der Waals surface area contributed by atoms with Gasteiger partial charge in [0.25, 0.3) is 15.9 Å². The Morgan fingerprint density at radius 3 is 2.45 bits per heavy atom. The quantitative estimate of drug-likeness (QED) is 0.553. The van der Waals surface area contributed by atoms with E-state index >= 15 is 0 Å². The number of carbonyl (C=O) groups is 1. The van der Waals surface area contributed by atoms with Gasteiger partial charge in [0.1, 0.15) is 11.4 Å². The van der Waals surface area contributed by atoms with Crippen LogP contribution < -0.4 is 9.62 Å². The molecule has 1 aliphatic carbocycles. The Hall–Kier alpha value is -2.98. The van der Waals surface area contributed by atoms with Gasteiger partial charge in [-0.05, 0) is 55.3 Å². The average Bonchev–Trinajstić information content (AvgIpc) is 3.44. The first-order valence-corrected chi connectivity index (χ1v) is 12.1. The van der Waals surface area contributed by atoms with E-state index in [1.165, 1.54) is 49.5 Å². The van der Waals surface area contributed by atoms with Gasteiger partial charge in [-0.3, -0.25) is 9.10 Å². The van der Waals surface area contributed by atoms with Crippen molar-refractivity contribution in [1.82, 2.24) is 15.5 Å². The summed E-state index contributed by atoms with van der Waals surface area (Å²) in [6.45, 7) is 1.67. The number of aryl methyl sites for hydroxylation is 1. The fourth-order valence-corrected chi connectivity index (χ4v) is 5.37. The Balaban J connectivity index is 1.65. The zero-order valence-corrected chi connectivity index (χ0v) is 19.6. The van der Waals surface area contributed by atoms with Gasteiger partial charge in [0.15, 0.2) is 5.82 Å². The SMILES string of the molecule is Cc1nc(C2(NC(=O)c3cc(S(=O)(=O)N(C)c4ccc(F)cc4)ccc3Cl)CCCC2)no1. The second-order valence-corrected chi connectivity index (χ2v) is 10.3. The fraction of sp³-hybridized carbons (Fsp3) is 0.318. The zero-order valence-electron chi connectivity index (χ0n) is 18.0. The number of carbonyl (C=O) groups excluding carboxylic acids is 1. The lowest BCUT2D eigenvalue weighted by Gasteiger charge is -2.27. The van der Waals surface area contributed by atoms with Gasteiger partial charge in [-0.2, -0.15) is 4.98 Å². The van der Waals surface area contributed by atoms with E-state index in [1.807, 2.05) is 0 Å². The summed E-state index contributed by atoms with van der Waals surface area (Å²) in [4.78, 5) is 17.4. The van der Waals surface area contributed by atoms with E-state index in [0.717, 1.165) is 17.1 Å². The molecule has 11 heteroatoms. The summed E-state index contributed by atoms with van der Waals surface area (Å²) in [5.41, 5.74) is -0.524. The van der Waals surface area contributed by atoms with Crippen LogP contribution in [-0.4, -0.2) is 31.5 Å². The first kappa shape index (κ1) is 23.2. The summed E-state index contributed by atoms with van der Waals surface area (Å²) >= 11 is 6.28. The van der Waals surface area contributed by atoms with Crippen molar-refractivity contribution in [1.29, 1.82) is 0 Å². The molecule has 1 N–H and O–H groups in total. The van der Waals surface area contributed by atoms with Crippen molar-refractivity contribution >= 4 is 33.2 Å². The Bertz CT molecular complexity index is 1290. The second kappa shape index (κ2) is 8.75. The Labute approximate surface area is 195 Å². The summed E-state index contributed by atoms with van der Waals surface area (Å²) in [5.74, 6) is -0.235. The molecule has 8 nitrogen and oxygen atoms in total. The summed E-state index contributed by atoms with van der Waals surface area (Å²) in [6, 6.07) is 8.97. The van der Waals surface area contributed by atoms with Gasteiger partial charge in [-0.15, -0.1) is 0 Å². The van der Waals surface area contributed by atoms with E-state index < -0.39 is 27.3 Å². The van der Waals surface area contributed by atoms with E-state index in [-0.39, 0.29) is 21.2 Å². The van der Waals surface area contributed by atoms with E-state index in [9.17, 15) is 17.6 Å². The molecule has 4 rings (SSSR count). The second-order valence-electron chi connectivity index (χ2n) is 7.97. The number of sulfonamides is 1. The highest BCUT2D eigenvalue weighted by Crippen LogP contribution is 2.38. The first-order chi connectivity index (χ1) is 15.6. The molecule has 0 radical (unpaired) electrons. The number of nitrogens with one attached hydrogen (secondary N) is 1. The van der Waals surface area contributed by atoms with Crippen LogP contribution >= 0.6 is 11.6 Å². The number of amides is 1. The van der Waals surface area contributed by atoms with Gasteiger partial charge in [0.2, 0.25) is 5.89 Å². The number of rotatable bonds is 6. The lowest BCUT2D eigenvalue weighted by molar-refractivity contribution is 0.0892. The normalized spacial score (nSPS) is 15.4. The van der Waals surface area contributed by atoms with Crippen LogP contribution in [0.5, 0.6) is 0 Å². The minimum atomic E-state index is -4.04. The Morgan fingerprint density at radius 1 is 1.18 bits per heavy atom. The molecule has 0 atom stereocenters. The van der Waals surface area contributed by atoms with Gasteiger partial charge in [0.05, 0.1) is 21.2 Å². The van der Waals surface area contributed by atoms with Crippen LogP contribution in [0.1, 0.15) is 47.8 Å². The summed E-state index contributed by atoms with van der Waals surface area (Å²) in [5, 5.41) is 7.07. The predicted octanol–water partition coefficient (Wildman–Crippen LogP) is 4.19. The molecule has 1 aliphatic rings. The molecule has 0 spiro atoms. The molecule has 0 aliphatic heterocycles. The molecular formula is C22H22ClFN4O4S. The van der Waals surface area contributed by atoms with E-state index in [1.54, 1.807) is 6.92 Å². The number of halogens is 2. The van der Waals surface area contributed by atoms with Gasteiger partial charge in [0, 0.05) is 14.0 Å². The topological polar surface area (TPSA) is 105 Å². The van der Waals surface area contributed by atoms with E-state index in [2.05, 4.69) is 15.5 Å². The fourth-order valence-electron chi connectivity index (χ4n) is 3.95. The Morgan fingerprint density at radius 2 is 1.85 bits per heavy atom. The molecule has 33 heavy (non-hydrogen) atoms. The van der Waals surface area contributed by atoms with E-state index in [4.69, 9.17) is 16.1 Å². The number of anilines is 1. The number of hydrogen-bond acceptors (Lipinski definition) is 6. The van der Waals surface area contributed by atoms with Crippen LogP contribution in [0.15, 0.2) is 51.9 Å². The molecular weight excluding hydrogens is 471 g/mol. The number of aromatic nitrogens is 2. The lowest BCUT2D eigenvalue weighted by Crippen LogP contribution is -2.44. The molecule has 0 unspecified atom stereocenters. The summed E-state index contributed by atoms with van der Waals surface area (Å²) in [6.07, 6.45) is 3.00. The molecule has 2 aromatic carbocycles. The van der Waals surface area contributed by atoms with Crippen LogP contribution in [0.4, 0.5) is 10.1 Å². The summed E-state index contributed by atoms with van der Waals surface area (Å²) < 4.78 is 45.7. The maximum absolute atomic E-state index is 13.2. The van der Waals surface area contributed by atoms with Crippen LogP contribution in [0.3, 0.4) is 0 Å². The Kier molecular flexibility index (Phi) is 6.15. The number of benzene rings is 2. The number of hydrogen-bond donors (Lipinski definition) is 1. The maximum Gasteiger partial charge on any atom is 0.264 e. The number of nitrogens with zero attached hydrogens (tertiary/aromatic N) is 3. The van der Waals surface area contributed by atoms with Crippen LogP contribution in [0.2, 0.25) is 5.02 Å². The zero-order chi connectivity index (χ0) is 23.8. The van der Waals surface area contributed by atoms with E-state index in [0.29, 0.717) is 24.6 Å². The third-order valence-electron chi connectivity index (χ3n) is 5.80. The maximum atomic E-state index is 13.2. The molecule has 1 aromatic heterocycles. The monoisotopic (exact) mass is 492 g/mol. The third-order valence-corrected chi connectivity index (χ3v) is 7.91. The van der Waals surface area contributed by atoms with Crippen molar-refractivity contribution in [3.63, 3.8) is 0 Å². The average molecular weight is 493 g/mol. The van der Waals surface area contributed by atoms with Crippen molar-refractivity contribution in [2.45, 2.75) is 43.0 Å². The van der Waals surface area contributed by atoms with Crippen molar-refractivity contribution < 1.29 is 22.1 Å². The third kappa shape index (κ3) is 4.45. The molecule has 1 saturated carbocycles. The van der Waals surface area contributed by atoms with Crippen LogP contribution in [0, 0.1) is 12.7 Å². The van der Waals surface area contributed by atoms with Crippen LogP contribution in [0.25, 0.3) is 0 Å². The highest BCUT2D eigenvalue weighted by molar-refractivity contribution is 7.92. The minimum absolute atomic E-state index is 0.0109. The highest BCUT2D eigenvalue weighted by Gasteiger charge is 2.41. The van der Waals surface area contributed by atoms with Crippen molar-refractivity contribution in [3.05, 3.63) is 70.6 Å². The van der Waals surface area contributed by atoms with Gasteiger partial charge in [-0.25, -0.2) is 12.8 Å². The highest BCUT2D eigenvalue weighted by atomic mass is 35.5. The molecule has 0 saturated heterocycles. The van der Waals surface area contributed by atoms with Crippen LogP contribution in [-0.2, 0) is 15.6 Å². The van der Waals surface area contributed by atoms with Crippen molar-refractivity contribution in [2.24, 2.45) is 0 Å². The minimum Gasteiger partial charge on any atom is -0.340 e. The van der Waals surface area contributed by atoms with Gasteiger partial charge in [-0.1, -0.05) is 29.6 Å². The summed E-state index contributed by atoms with van der Waals surface area (Å²) in [7, 11) is -2.69. The standard InChI is InChI=1S/C22H22ClFN4O4S/c1-14-25-21(27-32-14)22(11-3-4-12-22)26-20(29)18-13-17(9-10-19(18)23)33(30,31)28(2)16-7-5-15(24)6-8-16/h5-10,13H,3-4,11-12H2,1-2H3,(H,26,29).